The summed E-state index contributed by atoms with van der Waals surface area (Å²) in [6, 6.07) is 0.611. The molecule has 1 saturated carbocycles. The molecular formula is C16H29N3O. The number of nitrogens with one attached hydrogen (secondary N) is 1. The molecule has 2 unspecified atom stereocenters. The standard InChI is InChI=1S/C16H29N3O/c1-4-20-11-7-10-17-16-18-14(3)12-19(16)15-9-6-5-8-13(15)2/h12-13,15H,4-11H2,1-3H3,(H,17,18). The van der Waals surface area contributed by atoms with Gasteiger partial charge in [-0.1, -0.05) is 19.8 Å². The van der Waals surface area contributed by atoms with Gasteiger partial charge in [0.15, 0.2) is 0 Å². The first-order valence-corrected chi connectivity index (χ1v) is 8.09. The summed E-state index contributed by atoms with van der Waals surface area (Å²) in [5.41, 5.74) is 1.11. The molecule has 1 heterocycles. The molecule has 0 bridgehead atoms. The molecule has 4 nitrogen and oxygen atoms in total. The van der Waals surface area contributed by atoms with E-state index in [-0.39, 0.29) is 0 Å². The summed E-state index contributed by atoms with van der Waals surface area (Å²) in [7, 11) is 0. The van der Waals surface area contributed by atoms with E-state index < -0.39 is 0 Å². The Morgan fingerprint density at radius 1 is 1.40 bits per heavy atom. The van der Waals surface area contributed by atoms with E-state index in [1.165, 1.54) is 25.7 Å². The van der Waals surface area contributed by atoms with Gasteiger partial charge in [-0.3, -0.25) is 0 Å². The summed E-state index contributed by atoms with van der Waals surface area (Å²) in [5, 5.41) is 3.48. The van der Waals surface area contributed by atoms with Gasteiger partial charge in [-0.05, 0) is 39.0 Å². The molecule has 0 amide bonds. The predicted molar refractivity (Wildman–Crippen MR) is 83.2 cm³/mol. The van der Waals surface area contributed by atoms with Gasteiger partial charge < -0.3 is 14.6 Å². The van der Waals surface area contributed by atoms with Crippen molar-refractivity contribution in [2.24, 2.45) is 5.92 Å². The lowest BCUT2D eigenvalue weighted by Gasteiger charge is -2.31. The third kappa shape index (κ3) is 3.98. The van der Waals surface area contributed by atoms with E-state index in [4.69, 9.17) is 4.74 Å². The maximum Gasteiger partial charge on any atom is 0.203 e. The highest BCUT2D eigenvalue weighted by Crippen LogP contribution is 2.35. The fourth-order valence-corrected chi connectivity index (χ4v) is 3.13. The number of aryl methyl sites for hydroxylation is 1. The monoisotopic (exact) mass is 279 g/mol. The minimum Gasteiger partial charge on any atom is -0.382 e. The predicted octanol–water partition coefficient (Wildman–Crippen LogP) is 3.78. The number of ether oxygens (including phenoxy) is 1. The van der Waals surface area contributed by atoms with Crippen LogP contribution in [-0.4, -0.2) is 29.3 Å². The van der Waals surface area contributed by atoms with Crippen molar-refractivity contribution in [3.8, 4) is 0 Å². The molecule has 2 rings (SSSR count). The summed E-state index contributed by atoms with van der Waals surface area (Å²) >= 11 is 0. The molecule has 0 spiro atoms. The van der Waals surface area contributed by atoms with Gasteiger partial charge in [-0.25, -0.2) is 4.98 Å². The molecular weight excluding hydrogens is 250 g/mol. The Bertz CT molecular complexity index is 402. The number of hydrogen-bond acceptors (Lipinski definition) is 3. The summed E-state index contributed by atoms with van der Waals surface area (Å²) in [5.74, 6) is 1.79. The first-order valence-electron chi connectivity index (χ1n) is 8.09. The first kappa shape index (κ1) is 15.4. The van der Waals surface area contributed by atoms with Crippen LogP contribution in [0, 0.1) is 12.8 Å². The minimum atomic E-state index is 0.611. The van der Waals surface area contributed by atoms with Crippen LogP contribution in [0.25, 0.3) is 0 Å². The van der Waals surface area contributed by atoms with Gasteiger partial charge in [-0.2, -0.15) is 0 Å². The van der Waals surface area contributed by atoms with Gasteiger partial charge >= 0.3 is 0 Å². The van der Waals surface area contributed by atoms with E-state index in [1.54, 1.807) is 0 Å². The second kappa shape index (κ2) is 7.67. The molecule has 0 aliphatic heterocycles. The highest BCUT2D eigenvalue weighted by atomic mass is 16.5. The van der Waals surface area contributed by atoms with E-state index in [9.17, 15) is 0 Å². The zero-order valence-electron chi connectivity index (χ0n) is 13.2. The second-order valence-electron chi connectivity index (χ2n) is 5.92. The van der Waals surface area contributed by atoms with Crippen LogP contribution >= 0.6 is 0 Å². The molecule has 1 fully saturated rings. The fourth-order valence-electron chi connectivity index (χ4n) is 3.13. The number of rotatable bonds is 7. The smallest absolute Gasteiger partial charge is 0.203 e. The summed E-state index contributed by atoms with van der Waals surface area (Å²) in [6.07, 6.45) is 8.58. The van der Waals surface area contributed by atoms with Crippen molar-refractivity contribution >= 4 is 5.95 Å². The molecule has 2 atom stereocenters. The fraction of sp³-hybridized carbons (Fsp3) is 0.812. The molecule has 1 aromatic heterocycles. The largest absolute Gasteiger partial charge is 0.382 e. The van der Waals surface area contributed by atoms with Crippen molar-refractivity contribution in [1.29, 1.82) is 0 Å². The van der Waals surface area contributed by atoms with Crippen LogP contribution in [-0.2, 0) is 4.74 Å². The van der Waals surface area contributed by atoms with Crippen molar-refractivity contribution in [1.82, 2.24) is 9.55 Å². The van der Waals surface area contributed by atoms with Crippen molar-refractivity contribution in [3.63, 3.8) is 0 Å². The molecule has 114 valence electrons. The number of anilines is 1. The summed E-state index contributed by atoms with van der Waals surface area (Å²) in [4.78, 5) is 4.65. The highest BCUT2D eigenvalue weighted by molar-refractivity contribution is 5.29. The van der Waals surface area contributed by atoms with E-state index in [0.29, 0.717) is 6.04 Å². The topological polar surface area (TPSA) is 39.1 Å². The van der Waals surface area contributed by atoms with Gasteiger partial charge in [0.2, 0.25) is 5.95 Å². The lowest BCUT2D eigenvalue weighted by molar-refractivity contribution is 0.147. The van der Waals surface area contributed by atoms with Crippen LogP contribution in [0.3, 0.4) is 0 Å². The van der Waals surface area contributed by atoms with E-state index in [0.717, 1.165) is 43.7 Å². The highest BCUT2D eigenvalue weighted by Gasteiger charge is 2.24. The third-order valence-corrected chi connectivity index (χ3v) is 4.23. The van der Waals surface area contributed by atoms with Crippen molar-refractivity contribution < 1.29 is 4.74 Å². The Labute approximate surface area is 122 Å². The lowest BCUT2D eigenvalue weighted by Crippen LogP contribution is -2.22. The van der Waals surface area contributed by atoms with Gasteiger partial charge in [-0.15, -0.1) is 0 Å². The third-order valence-electron chi connectivity index (χ3n) is 4.23. The maximum absolute atomic E-state index is 5.37. The zero-order valence-corrected chi connectivity index (χ0v) is 13.2. The molecule has 0 radical (unpaired) electrons. The maximum atomic E-state index is 5.37. The molecule has 1 aliphatic carbocycles. The normalized spacial score (nSPS) is 22.9. The Kier molecular flexibility index (Phi) is 5.89. The number of imidazole rings is 1. The molecule has 1 aromatic rings. The van der Waals surface area contributed by atoms with Crippen LogP contribution < -0.4 is 5.32 Å². The summed E-state index contributed by atoms with van der Waals surface area (Å²) < 4.78 is 7.75. The average Bonchev–Trinajstić information content (AvgIpc) is 2.80. The average molecular weight is 279 g/mol. The van der Waals surface area contributed by atoms with Crippen molar-refractivity contribution in [3.05, 3.63) is 11.9 Å². The lowest BCUT2D eigenvalue weighted by atomic mass is 9.86. The molecule has 0 aromatic carbocycles. The van der Waals surface area contributed by atoms with E-state index >= 15 is 0 Å². The van der Waals surface area contributed by atoms with Crippen LogP contribution in [0.2, 0.25) is 0 Å². The van der Waals surface area contributed by atoms with Crippen LogP contribution in [0.5, 0.6) is 0 Å². The van der Waals surface area contributed by atoms with Crippen LogP contribution in [0.4, 0.5) is 5.95 Å². The quantitative estimate of drug-likeness (QED) is 0.772. The van der Waals surface area contributed by atoms with Crippen LogP contribution in [0.1, 0.15) is 57.7 Å². The van der Waals surface area contributed by atoms with Gasteiger partial charge in [0.25, 0.3) is 0 Å². The molecule has 1 aliphatic rings. The number of aromatic nitrogens is 2. The van der Waals surface area contributed by atoms with Crippen molar-refractivity contribution in [2.75, 3.05) is 25.1 Å². The Balaban J connectivity index is 1.94. The summed E-state index contributed by atoms with van der Waals surface area (Å²) in [6.45, 7) is 9.04. The number of hydrogen-bond donors (Lipinski definition) is 1. The SMILES string of the molecule is CCOCCCNc1nc(C)cn1C1CCCCC1C. The van der Waals surface area contributed by atoms with Gasteiger partial charge in [0.1, 0.15) is 0 Å². The van der Waals surface area contributed by atoms with Crippen molar-refractivity contribution in [2.45, 2.75) is 58.9 Å². The molecule has 0 saturated heterocycles. The van der Waals surface area contributed by atoms with Gasteiger partial charge in [0.05, 0.1) is 5.69 Å². The Hall–Kier alpha value is -1.03. The van der Waals surface area contributed by atoms with E-state index in [2.05, 4.69) is 34.9 Å². The van der Waals surface area contributed by atoms with Gasteiger partial charge in [0, 0.05) is 32.0 Å². The minimum absolute atomic E-state index is 0.611. The molecule has 4 heteroatoms. The molecule has 20 heavy (non-hydrogen) atoms. The zero-order chi connectivity index (χ0) is 14.4. The Morgan fingerprint density at radius 2 is 2.20 bits per heavy atom. The molecule has 1 N–H and O–H groups in total. The van der Waals surface area contributed by atoms with Crippen LogP contribution in [0.15, 0.2) is 6.20 Å². The number of nitrogens with zero attached hydrogens (tertiary/aromatic N) is 2. The Morgan fingerprint density at radius 3 is 2.95 bits per heavy atom. The first-order chi connectivity index (χ1) is 9.72. The second-order valence-corrected chi connectivity index (χ2v) is 5.92. The van der Waals surface area contributed by atoms with E-state index in [1.807, 2.05) is 6.92 Å².